The molecule has 0 aliphatic carbocycles. The van der Waals surface area contributed by atoms with Gasteiger partial charge in [-0.05, 0) is 25.8 Å². The predicted molar refractivity (Wildman–Crippen MR) is 98.8 cm³/mol. The molecular formula is C19H21N7O. The predicted octanol–water partition coefficient (Wildman–Crippen LogP) is 2.23. The minimum atomic E-state index is -0.375. The maximum Gasteiger partial charge on any atom is 0.220 e. The smallest absolute Gasteiger partial charge is 0.220 e. The highest BCUT2D eigenvalue weighted by Crippen LogP contribution is 2.36. The quantitative estimate of drug-likeness (QED) is 0.726. The maximum absolute atomic E-state index is 12.2. The second-order valence-corrected chi connectivity index (χ2v) is 6.65. The molecule has 0 spiro atoms. The van der Waals surface area contributed by atoms with Crippen molar-refractivity contribution < 1.29 is 4.79 Å². The van der Waals surface area contributed by atoms with E-state index in [0.717, 1.165) is 23.4 Å². The van der Waals surface area contributed by atoms with Gasteiger partial charge in [-0.2, -0.15) is 20.6 Å². The van der Waals surface area contributed by atoms with Crippen LogP contribution in [0.1, 0.15) is 48.2 Å². The van der Waals surface area contributed by atoms with E-state index in [4.69, 9.17) is 11.7 Å². The van der Waals surface area contributed by atoms with Crippen molar-refractivity contribution in [2.45, 2.75) is 51.6 Å². The molecular weight excluding hydrogens is 342 g/mol. The van der Waals surface area contributed by atoms with E-state index in [2.05, 4.69) is 37.6 Å². The number of terminal acetylenes is 1. The zero-order valence-corrected chi connectivity index (χ0v) is 15.5. The number of fused-ring (bicyclic) bond motifs is 1. The average Bonchev–Trinajstić information content (AvgIpc) is 3.30. The van der Waals surface area contributed by atoms with Gasteiger partial charge in [0, 0.05) is 43.6 Å². The Bertz CT molecular complexity index is 984. The molecule has 0 saturated heterocycles. The molecule has 0 unspecified atom stereocenters. The van der Waals surface area contributed by atoms with Gasteiger partial charge in [0.2, 0.25) is 5.91 Å². The van der Waals surface area contributed by atoms with Crippen LogP contribution < -0.4 is 5.32 Å². The van der Waals surface area contributed by atoms with E-state index >= 15 is 0 Å². The van der Waals surface area contributed by atoms with E-state index in [0.29, 0.717) is 43.4 Å². The first-order valence-corrected chi connectivity index (χ1v) is 8.88. The SMILES string of the molecule is C#CCCC1(CCNC(=O)CCc2c(C)nc3c(C#N)cnn3c2C)N=N1. The van der Waals surface area contributed by atoms with E-state index in [1.165, 1.54) is 6.20 Å². The van der Waals surface area contributed by atoms with E-state index in [1.807, 2.05) is 13.8 Å². The lowest BCUT2D eigenvalue weighted by Gasteiger charge is -2.12. The number of nitriles is 1. The summed E-state index contributed by atoms with van der Waals surface area (Å²) in [7, 11) is 0. The Morgan fingerprint density at radius 2 is 2.15 bits per heavy atom. The fourth-order valence-corrected chi connectivity index (χ4v) is 3.15. The molecule has 0 aromatic carbocycles. The van der Waals surface area contributed by atoms with Gasteiger partial charge >= 0.3 is 0 Å². The number of amides is 1. The Morgan fingerprint density at radius 1 is 1.37 bits per heavy atom. The summed E-state index contributed by atoms with van der Waals surface area (Å²) in [6, 6.07) is 2.09. The first-order valence-electron chi connectivity index (χ1n) is 8.88. The highest BCUT2D eigenvalue weighted by atomic mass is 16.1. The van der Waals surface area contributed by atoms with Crippen LogP contribution in [-0.2, 0) is 11.2 Å². The molecule has 3 heterocycles. The second kappa shape index (κ2) is 7.55. The molecule has 0 atom stereocenters. The monoisotopic (exact) mass is 363 g/mol. The number of carbonyl (C=O) groups excluding carboxylic acids is 1. The van der Waals surface area contributed by atoms with Gasteiger partial charge in [0.15, 0.2) is 11.3 Å². The highest BCUT2D eigenvalue weighted by molar-refractivity contribution is 5.76. The van der Waals surface area contributed by atoms with Gasteiger partial charge in [-0.3, -0.25) is 4.79 Å². The number of aromatic nitrogens is 3. The van der Waals surface area contributed by atoms with Crippen molar-refractivity contribution in [3.8, 4) is 18.4 Å². The third-order valence-electron chi connectivity index (χ3n) is 4.83. The molecule has 138 valence electrons. The third kappa shape index (κ3) is 3.95. The first kappa shape index (κ1) is 18.5. The molecule has 3 rings (SSSR count). The van der Waals surface area contributed by atoms with Gasteiger partial charge in [-0.15, -0.1) is 12.3 Å². The average molecular weight is 363 g/mol. The molecule has 2 aromatic heterocycles. The van der Waals surface area contributed by atoms with Crippen molar-refractivity contribution >= 4 is 11.6 Å². The highest BCUT2D eigenvalue weighted by Gasteiger charge is 2.38. The normalized spacial score (nSPS) is 13.9. The second-order valence-electron chi connectivity index (χ2n) is 6.65. The molecule has 8 heteroatoms. The lowest BCUT2D eigenvalue weighted by molar-refractivity contribution is -0.121. The summed E-state index contributed by atoms with van der Waals surface area (Å²) in [6.45, 7) is 4.34. The van der Waals surface area contributed by atoms with Crippen LogP contribution in [0.2, 0.25) is 0 Å². The zero-order valence-electron chi connectivity index (χ0n) is 15.5. The van der Waals surface area contributed by atoms with Gasteiger partial charge in [-0.25, -0.2) is 9.50 Å². The molecule has 27 heavy (non-hydrogen) atoms. The molecule has 0 radical (unpaired) electrons. The lowest BCUT2D eigenvalue weighted by Crippen LogP contribution is -2.28. The number of rotatable bonds is 8. The summed E-state index contributed by atoms with van der Waals surface area (Å²) in [5, 5.41) is 24.4. The van der Waals surface area contributed by atoms with E-state index in [1.54, 1.807) is 4.52 Å². The van der Waals surface area contributed by atoms with Gasteiger partial charge in [0.1, 0.15) is 11.6 Å². The molecule has 1 aliphatic heterocycles. The molecule has 1 aliphatic rings. The van der Waals surface area contributed by atoms with Crippen LogP contribution >= 0.6 is 0 Å². The van der Waals surface area contributed by atoms with Crippen LogP contribution in [-0.4, -0.2) is 32.7 Å². The third-order valence-corrected chi connectivity index (χ3v) is 4.83. The molecule has 2 aromatic rings. The van der Waals surface area contributed by atoms with Gasteiger partial charge in [0.25, 0.3) is 0 Å². The number of nitrogens with one attached hydrogen (secondary N) is 1. The van der Waals surface area contributed by atoms with Gasteiger partial charge in [0.05, 0.1) is 6.20 Å². The van der Waals surface area contributed by atoms with Crippen LogP contribution in [0.25, 0.3) is 5.65 Å². The fraction of sp³-hybridized carbons (Fsp3) is 0.474. The molecule has 8 nitrogen and oxygen atoms in total. The summed E-state index contributed by atoms with van der Waals surface area (Å²) in [5.74, 6) is 2.56. The largest absolute Gasteiger partial charge is 0.356 e. The van der Waals surface area contributed by atoms with E-state index in [9.17, 15) is 4.79 Å². The van der Waals surface area contributed by atoms with Crippen molar-refractivity contribution in [3.63, 3.8) is 0 Å². The first-order chi connectivity index (χ1) is 13.0. The molecule has 1 N–H and O–H groups in total. The summed E-state index contributed by atoms with van der Waals surface area (Å²) >= 11 is 0. The van der Waals surface area contributed by atoms with Crippen LogP contribution in [0.4, 0.5) is 0 Å². The number of hydrogen-bond acceptors (Lipinski definition) is 6. The number of carbonyl (C=O) groups is 1. The minimum absolute atomic E-state index is 0.0279. The Labute approximate surface area is 157 Å². The fourth-order valence-electron chi connectivity index (χ4n) is 3.15. The van der Waals surface area contributed by atoms with Crippen molar-refractivity contribution in [2.24, 2.45) is 10.2 Å². The van der Waals surface area contributed by atoms with Crippen molar-refractivity contribution in [2.75, 3.05) is 6.54 Å². The van der Waals surface area contributed by atoms with E-state index < -0.39 is 0 Å². The maximum atomic E-state index is 12.2. The van der Waals surface area contributed by atoms with Crippen molar-refractivity contribution in [1.29, 1.82) is 5.26 Å². The van der Waals surface area contributed by atoms with Crippen LogP contribution in [0.5, 0.6) is 0 Å². The van der Waals surface area contributed by atoms with Crippen LogP contribution in [0.15, 0.2) is 16.4 Å². The Kier molecular flexibility index (Phi) is 5.18. The Morgan fingerprint density at radius 3 is 2.81 bits per heavy atom. The van der Waals surface area contributed by atoms with Crippen molar-refractivity contribution in [1.82, 2.24) is 19.9 Å². The number of nitrogens with zero attached hydrogens (tertiary/aromatic N) is 6. The summed E-state index contributed by atoms with van der Waals surface area (Å²) in [4.78, 5) is 16.7. The molecule has 0 saturated carbocycles. The van der Waals surface area contributed by atoms with Gasteiger partial charge < -0.3 is 5.32 Å². The lowest BCUT2D eigenvalue weighted by atomic mass is 10.0. The molecule has 0 bridgehead atoms. The topological polar surface area (TPSA) is 108 Å². The standard InChI is InChI=1S/C19H21N7O/c1-4-5-8-19(24-25-19)9-10-21-17(27)7-6-16-13(2)23-18-15(11-20)12-22-26(18)14(16)3/h1,12H,5-10H2,2-3H3,(H,21,27). The minimum Gasteiger partial charge on any atom is -0.356 e. The summed E-state index contributed by atoms with van der Waals surface area (Å²) < 4.78 is 1.66. The molecule has 0 fully saturated rings. The van der Waals surface area contributed by atoms with Crippen molar-refractivity contribution in [3.05, 3.63) is 28.7 Å². The van der Waals surface area contributed by atoms with Crippen LogP contribution in [0, 0.1) is 37.5 Å². The zero-order chi connectivity index (χ0) is 19.4. The summed E-state index contributed by atoms with van der Waals surface area (Å²) in [5.41, 5.74) is 3.31. The number of hydrogen-bond donors (Lipinski definition) is 1. The van der Waals surface area contributed by atoms with E-state index in [-0.39, 0.29) is 11.6 Å². The molecule has 1 amide bonds. The van der Waals surface area contributed by atoms with Crippen LogP contribution in [0.3, 0.4) is 0 Å². The number of aryl methyl sites for hydroxylation is 2. The summed E-state index contributed by atoms with van der Waals surface area (Å²) in [6.07, 6.45) is 9.74. The van der Waals surface area contributed by atoms with Gasteiger partial charge in [-0.1, -0.05) is 0 Å². The Hall–Kier alpha value is -3.26. The Balaban J connectivity index is 1.55.